The molecule has 0 aromatic heterocycles. The highest BCUT2D eigenvalue weighted by Crippen LogP contribution is 2.16. The zero-order valence-electron chi connectivity index (χ0n) is 9.71. The van der Waals surface area contributed by atoms with Crippen LogP contribution in [0.1, 0.15) is 40.5 Å². The van der Waals surface area contributed by atoms with Crippen LogP contribution >= 0.6 is 0 Å². The molecular weight excluding hydrogens is 176 g/mol. The Morgan fingerprint density at radius 3 is 2.43 bits per heavy atom. The van der Waals surface area contributed by atoms with Gasteiger partial charge >= 0.3 is 0 Å². The van der Waals surface area contributed by atoms with Crippen LogP contribution < -0.4 is 5.32 Å². The van der Waals surface area contributed by atoms with Crippen LogP contribution in [-0.2, 0) is 4.79 Å². The highest BCUT2D eigenvalue weighted by molar-refractivity contribution is 5.84. The van der Waals surface area contributed by atoms with E-state index in [1.807, 2.05) is 4.90 Å². The van der Waals surface area contributed by atoms with Gasteiger partial charge in [0.05, 0.1) is 12.2 Å². The Hall–Kier alpha value is -0.570. The maximum Gasteiger partial charge on any atom is 0.241 e. The summed E-state index contributed by atoms with van der Waals surface area (Å²) < 4.78 is 0. The molecule has 14 heavy (non-hydrogen) atoms. The van der Waals surface area contributed by atoms with Crippen molar-refractivity contribution in [1.82, 2.24) is 10.2 Å². The molecule has 2 atom stereocenters. The van der Waals surface area contributed by atoms with Gasteiger partial charge in [-0.2, -0.15) is 0 Å². The highest BCUT2D eigenvalue weighted by atomic mass is 16.2. The van der Waals surface area contributed by atoms with Crippen molar-refractivity contribution in [1.29, 1.82) is 0 Å². The normalized spacial score (nSPS) is 27.8. The minimum Gasteiger partial charge on any atom is -0.326 e. The molecule has 0 aromatic carbocycles. The second-order valence-corrected chi connectivity index (χ2v) is 4.44. The number of hydrogen-bond donors (Lipinski definition) is 1. The summed E-state index contributed by atoms with van der Waals surface area (Å²) in [7, 11) is 0. The third-order valence-corrected chi connectivity index (χ3v) is 2.71. The van der Waals surface area contributed by atoms with Crippen LogP contribution in [0, 0.1) is 5.92 Å². The first kappa shape index (κ1) is 11.5. The van der Waals surface area contributed by atoms with Crippen molar-refractivity contribution in [3.63, 3.8) is 0 Å². The van der Waals surface area contributed by atoms with Gasteiger partial charge in [0.15, 0.2) is 0 Å². The van der Waals surface area contributed by atoms with Gasteiger partial charge in [0.1, 0.15) is 0 Å². The van der Waals surface area contributed by atoms with Crippen molar-refractivity contribution in [2.45, 2.75) is 52.7 Å². The van der Waals surface area contributed by atoms with Gasteiger partial charge in [-0.3, -0.25) is 10.1 Å². The Morgan fingerprint density at radius 1 is 1.36 bits per heavy atom. The van der Waals surface area contributed by atoms with E-state index in [0.717, 1.165) is 19.4 Å². The summed E-state index contributed by atoms with van der Waals surface area (Å²) in [6.45, 7) is 9.36. The van der Waals surface area contributed by atoms with Crippen LogP contribution in [0.2, 0.25) is 0 Å². The Morgan fingerprint density at radius 2 is 2.00 bits per heavy atom. The minimum absolute atomic E-state index is 0.0544. The second kappa shape index (κ2) is 4.78. The molecular formula is C11H22N2O. The molecule has 3 nitrogen and oxygen atoms in total. The Balaban J connectivity index is 2.65. The van der Waals surface area contributed by atoms with E-state index >= 15 is 0 Å². The predicted molar refractivity (Wildman–Crippen MR) is 57.8 cm³/mol. The van der Waals surface area contributed by atoms with Gasteiger partial charge in [-0.1, -0.05) is 27.7 Å². The smallest absolute Gasteiger partial charge is 0.241 e. The largest absolute Gasteiger partial charge is 0.326 e. The Bertz CT molecular complexity index is 203. The molecule has 1 saturated heterocycles. The van der Waals surface area contributed by atoms with Crippen LogP contribution in [0.4, 0.5) is 0 Å². The molecule has 1 amide bonds. The van der Waals surface area contributed by atoms with E-state index < -0.39 is 0 Å². The fourth-order valence-corrected chi connectivity index (χ4v) is 1.99. The Labute approximate surface area is 86.9 Å². The van der Waals surface area contributed by atoms with Crippen LogP contribution in [0.15, 0.2) is 0 Å². The molecule has 1 fully saturated rings. The number of carbonyl (C=O) groups excluding carboxylic acids is 1. The van der Waals surface area contributed by atoms with Crippen molar-refractivity contribution < 1.29 is 4.79 Å². The van der Waals surface area contributed by atoms with Gasteiger partial charge in [-0.05, 0) is 18.8 Å². The molecule has 0 saturated carbocycles. The predicted octanol–water partition coefficient (Wildman–Crippen LogP) is 1.59. The molecule has 2 unspecified atom stereocenters. The lowest BCUT2D eigenvalue weighted by Gasteiger charge is -2.24. The highest BCUT2D eigenvalue weighted by Gasteiger charge is 2.36. The number of hydrogen-bond acceptors (Lipinski definition) is 2. The van der Waals surface area contributed by atoms with Crippen LogP contribution in [-0.4, -0.2) is 29.6 Å². The molecule has 0 radical (unpaired) electrons. The van der Waals surface area contributed by atoms with Crippen molar-refractivity contribution in [3.8, 4) is 0 Å². The van der Waals surface area contributed by atoms with E-state index in [1.54, 1.807) is 0 Å². The van der Waals surface area contributed by atoms with Crippen molar-refractivity contribution in [3.05, 3.63) is 0 Å². The molecule has 0 aromatic rings. The van der Waals surface area contributed by atoms with Crippen molar-refractivity contribution in [2.24, 2.45) is 5.92 Å². The standard InChI is InChI=1S/C11H22N2O/c1-5-9-11(14)13(7-8(3)4)10(6-2)12-9/h8-10,12H,5-7H2,1-4H3. The van der Waals surface area contributed by atoms with Gasteiger partial charge < -0.3 is 4.90 Å². The van der Waals surface area contributed by atoms with Gasteiger partial charge in [-0.15, -0.1) is 0 Å². The number of carbonyl (C=O) groups is 1. The summed E-state index contributed by atoms with van der Waals surface area (Å²) in [6, 6.07) is 0.0544. The average molecular weight is 198 g/mol. The number of rotatable bonds is 4. The molecule has 1 aliphatic rings. The first-order valence-corrected chi connectivity index (χ1v) is 5.66. The summed E-state index contributed by atoms with van der Waals surface area (Å²) in [6.07, 6.45) is 2.15. The lowest BCUT2D eigenvalue weighted by molar-refractivity contribution is -0.130. The molecule has 1 N–H and O–H groups in total. The molecule has 1 aliphatic heterocycles. The fourth-order valence-electron chi connectivity index (χ4n) is 1.99. The third-order valence-electron chi connectivity index (χ3n) is 2.71. The number of nitrogens with zero attached hydrogens (tertiary/aromatic N) is 1. The van der Waals surface area contributed by atoms with E-state index in [9.17, 15) is 4.79 Å². The fraction of sp³-hybridized carbons (Fsp3) is 0.909. The molecule has 1 heterocycles. The van der Waals surface area contributed by atoms with Gasteiger partial charge in [-0.25, -0.2) is 0 Å². The van der Waals surface area contributed by atoms with Gasteiger partial charge in [0.2, 0.25) is 5.91 Å². The van der Waals surface area contributed by atoms with Gasteiger partial charge in [0, 0.05) is 6.54 Å². The SMILES string of the molecule is CCC1NC(CC)N(CC(C)C)C1=O. The lowest BCUT2D eigenvalue weighted by atomic mass is 10.2. The lowest BCUT2D eigenvalue weighted by Crippen LogP contribution is -2.39. The maximum atomic E-state index is 11.9. The van der Waals surface area contributed by atoms with Crippen molar-refractivity contribution >= 4 is 5.91 Å². The van der Waals surface area contributed by atoms with Crippen molar-refractivity contribution in [2.75, 3.05) is 6.54 Å². The second-order valence-electron chi connectivity index (χ2n) is 4.44. The van der Waals surface area contributed by atoms with Crippen LogP contribution in [0.5, 0.6) is 0 Å². The van der Waals surface area contributed by atoms with E-state index in [2.05, 4.69) is 33.0 Å². The number of amides is 1. The van der Waals surface area contributed by atoms with E-state index in [1.165, 1.54) is 0 Å². The zero-order valence-corrected chi connectivity index (χ0v) is 9.71. The van der Waals surface area contributed by atoms with Crippen LogP contribution in [0.3, 0.4) is 0 Å². The zero-order chi connectivity index (χ0) is 10.7. The van der Waals surface area contributed by atoms with Gasteiger partial charge in [0.25, 0.3) is 0 Å². The molecule has 82 valence electrons. The number of nitrogens with one attached hydrogen (secondary N) is 1. The average Bonchev–Trinajstić information content (AvgIpc) is 2.43. The summed E-state index contributed by atoms with van der Waals surface area (Å²) in [5.41, 5.74) is 0. The van der Waals surface area contributed by atoms with Crippen LogP contribution in [0.25, 0.3) is 0 Å². The summed E-state index contributed by atoms with van der Waals surface area (Å²) in [5.74, 6) is 0.832. The monoisotopic (exact) mass is 198 g/mol. The molecule has 3 heteroatoms. The van der Waals surface area contributed by atoms with E-state index in [-0.39, 0.29) is 18.1 Å². The summed E-state index contributed by atoms with van der Waals surface area (Å²) in [5, 5.41) is 3.37. The quantitative estimate of drug-likeness (QED) is 0.744. The van der Waals surface area contributed by atoms with E-state index in [4.69, 9.17) is 0 Å². The summed E-state index contributed by atoms with van der Waals surface area (Å²) in [4.78, 5) is 13.9. The molecule has 0 aliphatic carbocycles. The Kier molecular flexibility index (Phi) is 3.93. The first-order valence-electron chi connectivity index (χ1n) is 5.66. The van der Waals surface area contributed by atoms with E-state index in [0.29, 0.717) is 5.92 Å². The molecule has 1 rings (SSSR count). The molecule has 0 spiro atoms. The minimum atomic E-state index is 0.0544. The topological polar surface area (TPSA) is 32.3 Å². The molecule has 0 bridgehead atoms. The first-order chi connectivity index (χ1) is 6.60. The summed E-state index contributed by atoms with van der Waals surface area (Å²) >= 11 is 0. The maximum absolute atomic E-state index is 11.9. The third kappa shape index (κ3) is 2.27.